The SMILES string of the molecule is O=C1CC(CC(=O)N2CCCC[C@H]2CNC(=O)c2cccc3nsnc23)C(=O)N1. The predicted molar refractivity (Wildman–Crippen MR) is 105 cm³/mol. The van der Waals surface area contributed by atoms with Gasteiger partial charge in [0.05, 0.1) is 23.2 Å². The van der Waals surface area contributed by atoms with Crippen molar-refractivity contribution in [3.05, 3.63) is 23.8 Å². The van der Waals surface area contributed by atoms with Crippen LogP contribution in [-0.2, 0) is 14.4 Å². The summed E-state index contributed by atoms with van der Waals surface area (Å²) in [7, 11) is 0. The second-order valence-corrected chi connectivity index (χ2v) is 7.93. The van der Waals surface area contributed by atoms with Crippen molar-refractivity contribution in [2.45, 2.75) is 38.1 Å². The van der Waals surface area contributed by atoms with Gasteiger partial charge in [-0.05, 0) is 31.4 Å². The maximum absolute atomic E-state index is 12.8. The molecule has 0 radical (unpaired) electrons. The van der Waals surface area contributed by atoms with Crippen LogP contribution in [0.3, 0.4) is 0 Å². The molecule has 29 heavy (non-hydrogen) atoms. The Morgan fingerprint density at radius 1 is 1.24 bits per heavy atom. The van der Waals surface area contributed by atoms with Crippen molar-refractivity contribution in [2.75, 3.05) is 13.1 Å². The number of carbonyl (C=O) groups is 4. The molecule has 0 spiro atoms. The first-order valence-electron chi connectivity index (χ1n) is 9.65. The number of amides is 4. The second-order valence-electron chi connectivity index (χ2n) is 7.40. The number of hydrogen-bond acceptors (Lipinski definition) is 7. The first-order chi connectivity index (χ1) is 14.0. The third kappa shape index (κ3) is 4.12. The normalized spacial score (nSPS) is 22.0. The maximum atomic E-state index is 12.8. The Balaban J connectivity index is 1.39. The van der Waals surface area contributed by atoms with Gasteiger partial charge in [-0.3, -0.25) is 24.5 Å². The van der Waals surface area contributed by atoms with Crippen LogP contribution in [0.4, 0.5) is 0 Å². The highest BCUT2D eigenvalue weighted by Crippen LogP contribution is 2.22. The molecule has 2 saturated heterocycles. The number of carbonyl (C=O) groups excluding carboxylic acids is 4. The number of imide groups is 1. The second kappa shape index (κ2) is 8.24. The first-order valence-corrected chi connectivity index (χ1v) is 10.4. The molecule has 1 unspecified atom stereocenters. The predicted octanol–water partition coefficient (Wildman–Crippen LogP) is 0.855. The van der Waals surface area contributed by atoms with Gasteiger partial charge in [0, 0.05) is 32.0 Å². The Labute approximate surface area is 171 Å². The van der Waals surface area contributed by atoms with Crippen molar-refractivity contribution in [1.29, 1.82) is 0 Å². The lowest BCUT2D eigenvalue weighted by molar-refractivity contribution is -0.138. The fraction of sp³-hybridized carbons (Fsp3) is 0.474. The topological polar surface area (TPSA) is 121 Å². The number of hydrogen-bond donors (Lipinski definition) is 2. The lowest BCUT2D eigenvalue weighted by Crippen LogP contribution is -2.50. The van der Waals surface area contributed by atoms with Crippen LogP contribution in [-0.4, -0.2) is 56.4 Å². The minimum atomic E-state index is -0.595. The summed E-state index contributed by atoms with van der Waals surface area (Å²) < 4.78 is 8.34. The molecule has 4 amide bonds. The van der Waals surface area contributed by atoms with Crippen molar-refractivity contribution in [3.63, 3.8) is 0 Å². The van der Waals surface area contributed by atoms with Crippen molar-refractivity contribution in [2.24, 2.45) is 5.92 Å². The molecule has 2 atom stereocenters. The van der Waals surface area contributed by atoms with Gasteiger partial charge in [0.1, 0.15) is 11.0 Å². The first kappa shape index (κ1) is 19.4. The van der Waals surface area contributed by atoms with Gasteiger partial charge < -0.3 is 10.2 Å². The van der Waals surface area contributed by atoms with Crippen LogP contribution in [0.15, 0.2) is 18.2 Å². The molecule has 2 aliphatic rings. The van der Waals surface area contributed by atoms with Gasteiger partial charge in [-0.1, -0.05) is 6.07 Å². The lowest BCUT2D eigenvalue weighted by atomic mass is 9.98. The number of nitrogens with zero attached hydrogens (tertiary/aromatic N) is 3. The summed E-state index contributed by atoms with van der Waals surface area (Å²) >= 11 is 1.06. The monoisotopic (exact) mass is 415 g/mol. The van der Waals surface area contributed by atoms with Crippen LogP contribution in [0.2, 0.25) is 0 Å². The molecule has 2 aromatic rings. The minimum Gasteiger partial charge on any atom is -0.350 e. The molecule has 10 heteroatoms. The molecule has 9 nitrogen and oxygen atoms in total. The fourth-order valence-electron chi connectivity index (χ4n) is 3.94. The van der Waals surface area contributed by atoms with E-state index in [2.05, 4.69) is 19.4 Å². The van der Waals surface area contributed by atoms with E-state index in [-0.39, 0.29) is 42.5 Å². The molecule has 0 saturated carbocycles. The number of likely N-dealkylation sites (tertiary alicyclic amines) is 1. The van der Waals surface area contributed by atoms with Gasteiger partial charge >= 0.3 is 0 Å². The highest BCUT2D eigenvalue weighted by atomic mass is 32.1. The van der Waals surface area contributed by atoms with Gasteiger partial charge in [-0.15, -0.1) is 0 Å². The Kier molecular flexibility index (Phi) is 5.52. The number of benzene rings is 1. The van der Waals surface area contributed by atoms with Crippen LogP contribution in [0, 0.1) is 5.92 Å². The third-order valence-corrected chi connectivity index (χ3v) is 6.01. The van der Waals surface area contributed by atoms with E-state index in [1.807, 2.05) is 0 Å². The Morgan fingerprint density at radius 3 is 2.90 bits per heavy atom. The van der Waals surface area contributed by atoms with E-state index in [9.17, 15) is 19.2 Å². The summed E-state index contributed by atoms with van der Waals surface area (Å²) in [6.07, 6.45) is 2.72. The molecule has 2 aliphatic heterocycles. The summed E-state index contributed by atoms with van der Waals surface area (Å²) in [5.41, 5.74) is 1.72. The Morgan fingerprint density at radius 2 is 2.10 bits per heavy atom. The molecule has 1 aromatic carbocycles. The quantitative estimate of drug-likeness (QED) is 0.699. The molecule has 152 valence electrons. The Hall–Kier alpha value is -2.88. The largest absolute Gasteiger partial charge is 0.350 e. The van der Waals surface area contributed by atoms with Crippen molar-refractivity contribution >= 4 is 46.4 Å². The summed E-state index contributed by atoms with van der Waals surface area (Å²) in [5, 5.41) is 5.16. The zero-order valence-electron chi connectivity index (χ0n) is 15.7. The summed E-state index contributed by atoms with van der Waals surface area (Å²) in [5.74, 6) is -1.70. The smallest absolute Gasteiger partial charge is 0.253 e. The van der Waals surface area contributed by atoms with Crippen LogP contribution < -0.4 is 10.6 Å². The summed E-state index contributed by atoms with van der Waals surface area (Å²) in [4.78, 5) is 50.3. The van der Waals surface area contributed by atoms with Crippen molar-refractivity contribution in [3.8, 4) is 0 Å². The molecule has 0 aliphatic carbocycles. The average Bonchev–Trinajstić information content (AvgIpc) is 3.32. The molecular weight excluding hydrogens is 394 g/mol. The molecule has 2 N–H and O–H groups in total. The van der Waals surface area contributed by atoms with Crippen LogP contribution in [0.5, 0.6) is 0 Å². The minimum absolute atomic E-state index is 0.0197. The number of nitrogens with one attached hydrogen (secondary N) is 2. The number of aromatic nitrogens is 2. The summed E-state index contributed by atoms with van der Waals surface area (Å²) in [6.45, 7) is 0.918. The number of fused-ring (bicyclic) bond motifs is 1. The van der Waals surface area contributed by atoms with Gasteiger partial charge in [0.15, 0.2) is 0 Å². The van der Waals surface area contributed by atoms with Crippen LogP contribution >= 0.6 is 11.7 Å². The number of piperidine rings is 1. The van der Waals surface area contributed by atoms with E-state index in [4.69, 9.17) is 0 Å². The van der Waals surface area contributed by atoms with E-state index in [1.54, 1.807) is 23.1 Å². The average molecular weight is 415 g/mol. The molecule has 3 heterocycles. The summed E-state index contributed by atoms with van der Waals surface area (Å²) in [6, 6.07) is 5.15. The molecule has 2 fully saturated rings. The van der Waals surface area contributed by atoms with E-state index in [0.29, 0.717) is 29.7 Å². The van der Waals surface area contributed by atoms with Crippen LogP contribution in [0.25, 0.3) is 11.0 Å². The highest BCUT2D eigenvalue weighted by molar-refractivity contribution is 7.00. The standard InChI is InChI=1S/C19H21N5O4S/c25-15-8-11(18(27)21-15)9-16(26)24-7-2-1-4-12(24)10-20-19(28)13-5-3-6-14-17(13)23-29-22-14/h3,5-6,11-12H,1-2,4,7-10H2,(H,20,28)(H,21,25,27)/t11?,12-/m0/s1. The third-order valence-electron chi connectivity index (χ3n) is 5.46. The number of rotatable bonds is 5. The molecule has 0 bridgehead atoms. The molecule has 1 aromatic heterocycles. The van der Waals surface area contributed by atoms with Crippen molar-refractivity contribution < 1.29 is 19.2 Å². The van der Waals surface area contributed by atoms with E-state index in [1.165, 1.54) is 0 Å². The van der Waals surface area contributed by atoms with Crippen molar-refractivity contribution in [1.82, 2.24) is 24.3 Å². The fourth-order valence-corrected chi connectivity index (χ4v) is 4.49. The van der Waals surface area contributed by atoms with Gasteiger partial charge in [0.2, 0.25) is 17.7 Å². The maximum Gasteiger partial charge on any atom is 0.253 e. The molecule has 4 rings (SSSR count). The van der Waals surface area contributed by atoms with Gasteiger partial charge in [0.25, 0.3) is 5.91 Å². The van der Waals surface area contributed by atoms with Crippen LogP contribution in [0.1, 0.15) is 42.5 Å². The van der Waals surface area contributed by atoms with E-state index >= 15 is 0 Å². The zero-order valence-corrected chi connectivity index (χ0v) is 16.5. The van der Waals surface area contributed by atoms with Gasteiger partial charge in [-0.25, -0.2) is 0 Å². The van der Waals surface area contributed by atoms with Gasteiger partial charge in [-0.2, -0.15) is 8.75 Å². The van der Waals surface area contributed by atoms with E-state index < -0.39 is 5.92 Å². The lowest BCUT2D eigenvalue weighted by Gasteiger charge is -2.36. The Bertz CT molecular complexity index is 974. The zero-order chi connectivity index (χ0) is 20.4. The van der Waals surface area contributed by atoms with E-state index in [0.717, 1.165) is 31.0 Å². The molecular formula is C19H21N5O4S. The highest BCUT2D eigenvalue weighted by Gasteiger charge is 2.35.